The summed E-state index contributed by atoms with van der Waals surface area (Å²) >= 11 is 1.75. The molecule has 22 heavy (non-hydrogen) atoms. The molecule has 0 aliphatic carbocycles. The first-order valence-corrected chi connectivity index (χ1v) is 8.44. The summed E-state index contributed by atoms with van der Waals surface area (Å²) in [6.45, 7) is 9.95. The Kier molecular flexibility index (Phi) is 4.29. The maximum absolute atomic E-state index is 5.85. The van der Waals surface area contributed by atoms with Crippen molar-refractivity contribution in [2.45, 2.75) is 38.8 Å². The van der Waals surface area contributed by atoms with Crippen LogP contribution >= 0.6 is 11.3 Å². The van der Waals surface area contributed by atoms with E-state index < -0.39 is 0 Å². The average Bonchev–Trinajstić information content (AvgIpc) is 3.07. The van der Waals surface area contributed by atoms with Crippen molar-refractivity contribution in [1.29, 1.82) is 0 Å². The van der Waals surface area contributed by atoms with Crippen LogP contribution in [0.5, 0.6) is 0 Å². The first kappa shape index (κ1) is 15.6. The van der Waals surface area contributed by atoms with Gasteiger partial charge in [0.1, 0.15) is 12.4 Å². The predicted octanol–water partition coefficient (Wildman–Crippen LogP) is 2.14. The van der Waals surface area contributed by atoms with Crippen molar-refractivity contribution >= 4 is 11.3 Å². The van der Waals surface area contributed by atoms with Crippen LogP contribution < -0.4 is 0 Å². The molecular weight excluding hydrogens is 298 g/mol. The minimum Gasteiger partial charge on any atom is -0.368 e. The number of ether oxygens (including phenoxy) is 1. The molecule has 3 heterocycles. The maximum atomic E-state index is 5.85. The number of morpholine rings is 1. The zero-order valence-corrected chi connectivity index (χ0v) is 14.4. The van der Waals surface area contributed by atoms with Crippen molar-refractivity contribution in [1.82, 2.24) is 24.6 Å². The molecule has 1 atom stereocenters. The Balaban J connectivity index is 1.66. The van der Waals surface area contributed by atoms with Gasteiger partial charge in [0.05, 0.1) is 17.3 Å². The Morgan fingerprint density at radius 1 is 1.41 bits per heavy atom. The predicted molar refractivity (Wildman–Crippen MR) is 85.8 cm³/mol. The van der Waals surface area contributed by atoms with E-state index in [2.05, 4.69) is 41.2 Å². The summed E-state index contributed by atoms with van der Waals surface area (Å²) in [5, 5.41) is 11.5. The van der Waals surface area contributed by atoms with Crippen LogP contribution in [0.15, 0.2) is 11.7 Å². The molecule has 3 rings (SSSR count). The van der Waals surface area contributed by atoms with E-state index in [1.807, 2.05) is 11.6 Å². The normalized spacial score (nSPS) is 20.5. The van der Waals surface area contributed by atoms with Gasteiger partial charge in [0.25, 0.3) is 0 Å². The van der Waals surface area contributed by atoms with Gasteiger partial charge in [0.15, 0.2) is 5.82 Å². The third kappa shape index (κ3) is 3.37. The van der Waals surface area contributed by atoms with E-state index >= 15 is 0 Å². The fourth-order valence-corrected chi connectivity index (χ4v) is 3.44. The number of hydrogen-bond acceptors (Lipinski definition) is 6. The minimum atomic E-state index is -0.0121. The highest BCUT2D eigenvalue weighted by molar-refractivity contribution is 7.09. The second-order valence-corrected chi connectivity index (χ2v) is 7.65. The van der Waals surface area contributed by atoms with Crippen molar-refractivity contribution in [2.24, 2.45) is 7.05 Å². The Morgan fingerprint density at radius 3 is 2.86 bits per heavy atom. The molecule has 0 spiro atoms. The van der Waals surface area contributed by atoms with Gasteiger partial charge in [-0.2, -0.15) is 0 Å². The summed E-state index contributed by atoms with van der Waals surface area (Å²) in [6.07, 6.45) is 1.70. The highest BCUT2D eigenvalue weighted by Gasteiger charge is 2.26. The maximum Gasteiger partial charge on any atom is 0.163 e. The standard InChI is InChI=1S/C15H23N5OS/c1-15(2,3)14-17-11(9-22-14)7-20-5-6-21-12(8-20)13-18-16-10-19(13)4/h9-10,12H,5-8H2,1-4H3/t12-/m0/s1. The molecule has 6 nitrogen and oxygen atoms in total. The summed E-state index contributed by atoms with van der Waals surface area (Å²) in [5.41, 5.74) is 1.27. The Bertz CT molecular complexity index is 630. The number of aryl methyl sites for hydroxylation is 1. The number of rotatable bonds is 3. The summed E-state index contributed by atoms with van der Waals surface area (Å²) in [7, 11) is 1.95. The molecule has 0 aromatic carbocycles. The second kappa shape index (κ2) is 6.06. The van der Waals surface area contributed by atoms with Gasteiger partial charge in [0, 0.05) is 37.5 Å². The molecule has 120 valence electrons. The summed E-state index contributed by atoms with van der Waals surface area (Å²) in [6, 6.07) is 0. The molecule has 0 radical (unpaired) electrons. The van der Waals surface area contributed by atoms with E-state index in [9.17, 15) is 0 Å². The lowest BCUT2D eigenvalue weighted by Gasteiger charge is -2.31. The Labute approximate surface area is 135 Å². The lowest BCUT2D eigenvalue weighted by atomic mass is 9.98. The molecule has 0 amide bonds. The number of thiazole rings is 1. The van der Waals surface area contributed by atoms with Crippen molar-refractivity contribution in [2.75, 3.05) is 19.7 Å². The summed E-state index contributed by atoms with van der Waals surface area (Å²) in [4.78, 5) is 7.16. The van der Waals surface area contributed by atoms with Crippen LogP contribution in [0.25, 0.3) is 0 Å². The molecule has 2 aromatic heterocycles. The second-order valence-electron chi connectivity index (χ2n) is 6.79. The van der Waals surface area contributed by atoms with Crippen LogP contribution in [0.1, 0.15) is 43.4 Å². The van der Waals surface area contributed by atoms with Crippen LogP contribution in [-0.2, 0) is 23.7 Å². The summed E-state index contributed by atoms with van der Waals surface area (Å²) < 4.78 is 7.77. The van der Waals surface area contributed by atoms with E-state index in [4.69, 9.17) is 9.72 Å². The van der Waals surface area contributed by atoms with E-state index in [0.29, 0.717) is 6.61 Å². The highest BCUT2D eigenvalue weighted by Crippen LogP contribution is 2.27. The smallest absolute Gasteiger partial charge is 0.163 e. The topological polar surface area (TPSA) is 56.1 Å². The first-order chi connectivity index (χ1) is 10.4. The molecule has 2 aromatic rings. The average molecular weight is 321 g/mol. The molecule has 1 aliphatic heterocycles. The SMILES string of the molecule is Cn1cnnc1[C@@H]1CN(Cc2csc(C(C)(C)C)n2)CCO1. The molecule has 0 saturated carbocycles. The van der Waals surface area contributed by atoms with Crippen molar-refractivity contribution < 1.29 is 4.74 Å². The lowest BCUT2D eigenvalue weighted by Crippen LogP contribution is -2.38. The Hall–Kier alpha value is -1.31. The van der Waals surface area contributed by atoms with Gasteiger partial charge in [-0.25, -0.2) is 4.98 Å². The Morgan fingerprint density at radius 2 is 2.23 bits per heavy atom. The molecule has 1 aliphatic rings. The van der Waals surface area contributed by atoms with E-state index in [1.54, 1.807) is 17.7 Å². The molecule has 7 heteroatoms. The number of hydrogen-bond donors (Lipinski definition) is 0. The van der Waals surface area contributed by atoms with Gasteiger partial charge in [-0.1, -0.05) is 20.8 Å². The zero-order valence-electron chi connectivity index (χ0n) is 13.6. The molecule has 1 fully saturated rings. The molecular formula is C15H23N5OS. The van der Waals surface area contributed by atoms with Crippen LogP contribution in [-0.4, -0.2) is 44.3 Å². The fraction of sp³-hybridized carbons (Fsp3) is 0.667. The molecule has 0 unspecified atom stereocenters. The van der Waals surface area contributed by atoms with Crippen molar-refractivity contribution in [3.8, 4) is 0 Å². The summed E-state index contributed by atoms with van der Waals surface area (Å²) in [5.74, 6) is 0.887. The molecule has 0 bridgehead atoms. The quantitative estimate of drug-likeness (QED) is 0.867. The largest absolute Gasteiger partial charge is 0.368 e. The van der Waals surface area contributed by atoms with Crippen molar-refractivity contribution in [3.05, 3.63) is 28.2 Å². The highest BCUT2D eigenvalue weighted by atomic mass is 32.1. The third-order valence-corrected chi connectivity index (χ3v) is 5.08. The van der Waals surface area contributed by atoms with Gasteiger partial charge < -0.3 is 9.30 Å². The van der Waals surface area contributed by atoms with Gasteiger partial charge in [-0.05, 0) is 0 Å². The van der Waals surface area contributed by atoms with Crippen LogP contribution in [0.3, 0.4) is 0 Å². The van der Waals surface area contributed by atoms with E-state index in [1.165, 1.54) is 5.01 Å². The lowest BCUT2D eigenvalue weighted by molar-refractivity contribution is -0.0388. The third-order valence-electron chi connectivity index (χ3n) is 3.76. The van der Waals surface area contributed by atoms with E-state index in [0.717, 1.165) is 31.2 Å². The molecule has 0 N–H and O–H groups in total. The molecule has 1 saturated heterocycles. The van der Waals surface area contributed by atoms with Gasteiger partial charge in [-0.15, -0.1) is 21.5 Å². The van der Waals surface area contributed by atoms with Crippen LogP contribution in [0.4, 0.5) is 0 Å². The van der Waals surface area contributed by atoms with Crippen LogP contribution in [0.2, 0.25) is 0 Å². The minimum absolute atomic E-state index is 0.0121. The van der Waals surface area contributed by atoms with Crippen LogP contribution in [0, 0.1) is 0 Å². The van der Waals surface area contributed by atoms with E-state index in [-0.39, 0.29) is 11.5 Å². The first-order valence-electron chi connectivity index (χ1n) is 7.56. The van der Waals surface area contributed by atoms with Gasteiger partial charge >= 0.3 is 0 Å². The van der Waals surface area contributed by atoms with Gasteiger partial charge in [0.2, 0.25) is 0 Å². The monoisotopic (exact) mass is 321 g/mol. The van der Waals surface area contributed by atoms with Gasteiger partial charge in [-0.3, -0.25) is 4.90 Å². The zero-order chi connectivity index (χ0) is 15.7. The fourth-order valence-electron chi connectivity index (χ4n) is 2.54. The van der Waals surface area contributed by atoms with Crippen molar-refractivity contribution in [3.63, 3.8) is 0 Å². The number of nitrogens with zero attached hydrogens (tertiary/aromatic N) is 5. The number of aromatic nitrogens is 4.